The third kappa shape index (κ3) is 11.6. The third-order valence-electron chi connectivity index (χ3n) is 7.60. The first-order valence-electron chi connectivity index (χ1n) is 16.5. The normalized spacial score (nSPS) is 17.2. The van der Waals surface area contributed by atoms with Crippen molar-refractivity contribution in [2.75, 3.05) is 6.54 Å². The van der Waals surface area contributed by atoms with E-state index in [4.69, 9.17) is 15.3 Å². The molecule has 1 aromatic heterocycles. The zero-order valence-electron chi connectivity index (χ0n) is 29.1. The number of aromatic nitrogens is 1. The summed E-state index contributed by atoms with van der Waals surface area (Å²) in [5.41, 5.74) is 0.838. The Morgan fingerprint density at radius 3 is 1.52 bits per heavy atom. The second-order valence-electron chi connectivity index (χ2n) is 13.0. The van der Waals surface area contributed by atoms with Crippen LogP contribution in [0.3, 0.4) is 0 Å². The van der Waals surface area contributed by atoms with Gasteiger partial charge in [0.25, 0.3) is 0 Å². The van der Waals surface area contributed by atoms with Crippen LogP contribution in [0.25, 0.3) is 21.5 Å². The van der Waals surface area contributed by atoms with Gasteiger partial charge < -0.3 is 30.3 Å². The summed E-state index contributed by atoms with van der Waals surface area (Å²) in [6.45, 7) is 11.0. The topological polar surface area (TPSA) is 117 Å². The van der Waals surface area contributed by atoms with E-state index in [0.29, 0.717) is 13.0 Å². The second-order valence-corrected chi connectivity index (χ2v) is 13.0. The van der Waals surface area contributed by atoms with E-state index in [1.54, 1.807) is 47.7 Å². The van der Waals surface area contributed by atoms with E-state index in [-0.39, 0.29) is 46.6 Å². The average Bonchev–Trinajstić information content (AvgIpc) is 3.41. The van der Waals surface area contributed by atoms with Gasteiger partial charge in [0.05, 0.1) is 12.2 Å². The van der Waals surface area contributed by atoms with Crippen LogP contribution in [0, 0.1) is 5.21 Å². The molecule has 4 aromatic carbocycles. The molecule has 8 heteroatoms. The van der Waals surface area contributed by atoms with Crippen LogP contribution < -0.4 is 0 Å². The van der Waals surface area contributed by atoms with Crippen molar-refractivity contribution in [3.63, 3.8) is 0 Å². The number of quaternary nitrogens is 1. The van der Waals surface area contributed by atoms with E-state index in [0.717, 1.165) is 44.8 Å². The number of hydrogen-bond acceptors (Lipinski definition) is 6. The van der Waals surface area contributed by atoms with Crippen LogP contribution in [-0.2, 0) is 33.9 Å². The van der Waals surface area contributed by atoms with Gasteiger partial charge in [-0.05, 0) is 98.5 Å². The fourth-order valence-corrected chi connectivity index (χ4v) is 5.85. The number of hydroxylamine groups is 3. The van der Waals surface area contributed by atoms with Crippen LogP contribution in [0.4, 0.5) is 0 Å². The summed E-state index contributed by atoms with van der Waals surface area (Å²) >= 11 is 0. The third-order valence-corrected chi connectivity index (χ3v) is 7.60. The van der Waals surface area contributed by atoms with E-state index in [9.17, 15) is 10.3 Å². The Morgan fingerprint density at radius 1 is 0.688 bits per heavy atom. The summed E-state index contributed by atoms with van der Waals surface area (Å²) in [5, 5.41) is 55.7. The zero-order valence-corrected chi connectivity index (χ0v) is 30.7. The monoisotopic (exact) mass is 688 g/mol. The van der Waals surface area contributed by atoms with Gasteiger partial charge in [-0.15, -0.1) is 0 Å². The van der Waals surface area contributed by atoms with Crippen molar-refractivity contribution in [2.45, 2.75) is 90.9 Å². The van der Waals surface area contributed by atoms with E-state index >= 15 is 0 Å². The fourth-order valence-electron chi connectivity index (χ4n) is 5.85. The van der Waals surface area contributed by atoms with Gasteiger partial charge in [0.15, 0.2) is 5.60 Å². The number of benzene rings is 4. The summed E-state index contributed by atoms with van der Waals surface area (Å²) in [6.07, 6.45) is 2.64. The van der Waals surface area contributed by atoms with Crippen molar-refractivity contribution < 1.29 is 46.8 Å². The number of rotatable bonds is 5. The number of nitrogens with zero attached hydrogens (tertiary/aromatic N) is 2. The van der Waals surface area contributed by atoms with Gasteiger partial charge in [-0.25, -0.2) is 0 Å². The first-order valence-corrected chi connectivity index (χ1v) is 16.5. The molecule has 0 spiro atoms. The molecule has 0 bridgehead atoms. The van der Waals surface area contributed by atoms with E-state index in [2.05, 4.69) is 29.2 Å². The Morgan fingerprint density at radius 2 is 1.10 bits per heavy atom. The van der Waals surface area contributed by atoms with Gasteiger partial charge in [-0.2, -0.15) is 0 Å². The van der Waals surface area contributed by atoms with Crippen molar-refractivity contribution in [1.82, 2.24) is 4.98 Å². The molecular weight excluding hydrogens is 636 g/mol. The average molecular weight is 689 g/mol. The molecule has 0 radical (unpaired) electrons. The first kappa shape index (κ1) is 41.2. The van der Waals surface area contributed by atoms with Crippen LogP contribution in [0.15, 0.2) is 109 Å². The Balaban J connectivity index is 0.000000536. The Bertz CT molecular complexity index is 1560. The molecule has 0 unspecified atom stereocenters. The first-order chi connectivity index (χ1) is 22.3. The van der Waals surface area contributed by atoms with Crippen LogP contribution in [0.1, 0.15) is 71.2 Å². The fraction of sp³-hybridized carbons (Fsp3) is 0.375. The molecule has 256 valence electrons. The SMILES string of the molecule is CC(C)O.CC(C)O.CC(C)O.[O-][N@@+]1(Cc2ccccn2)CCC[C@H]1C(O)(c1ccc2ccccc2c1)c1ccc2ccccc2c1.[Ti]. The quantitative estimate of drug-likeness (QED) is 0.0866. The van der Waals surface area contributed by atoms with E-state index in [1.807, 2.05) is 78.9 Å². The molecule has 1 aliphatic rings. The molecule has 5 aromatic rings. The maximum Gasteiger partial charge on any atom is 0.167 e. The van der Waals surface area contributed by atoms with Gasteiger partial charge in [-0.3, -0.25) is 4.98 Å². The molecule has 7 nitrogen and oxygen atoms in total. The molecule has 48 heavy (non-hydrogen) atoms. The Labute approximate surface area is 301 Å². The number of likely N-dealkylation sites (tertiary alicyclic amines) is 1. The minimum absolute atomic E-state index is 0. The predicted molar refractivity (Wildman–Crippen MR) is 192 cm³/mol. The van der Waals surface area contributed by atoms with Gasteiger partial charge in [0.2, 0.25) is 0 Å². The van der Waals surface area contributed by atoms with Crippen LogP contribution in [-0.4, -0.2) is 61.0 Å². The van der Waals surface area contributed by atoms with Crippen LogP contribution >= 0.6 is 0 Å². The molecule has 6 rings (SSSR count). The van der Waals surface area contributed by atoms with Crippen molar-refractivity contribution in [3.05, 3.63) is 131 Å². The van der Waals surface area contributed by atoms with Crippen molar-refractivity contribution in [2.24, 2.45) is 0 Å². The standard InChI is InChI=1S/C31H28N2O2.3C3H8O.Ti/c34-31(27-16-14-23-8-1-3-10-25(23)20-27,28-17-15-24-9-2-4-11-26(24)21-28)30-13-7-19-33(30,35)22-29-12-5-6-18-32-29;3*1-3(2)4;/h1-6,8-12,14-18,20-21,30,34H,7,13,19,22H2;3*3-4H,1-2H3;/t30-,33+;;;;/m0..../s1. The summed E-state index contributed by atoms with van der Waals surface area (Å²) in [4.78, 5) is 4.43. The molecule has 0 aliphatic carbocycles. The molecular formula is C40H52N2O5Ti. The summed E-state index contributed by atoms with van der Waals surface area (Å²) in [5.74, 6) is 0. The molecule has 0 amide bonds. The largest absolute Gasteiger partial charge is 0.632 e. The predicted octanol–water partition coefficient (Wildman–Crippen LogP) is 7.46. The molecule has 0 saturated carbocycles. The minimum Gasteiger partial charge on any atom is -0.632 e. The maximum absolute atomic E-state index is 14.5. The van der Waals surface area contributed by atoms with Gasteiger partial charge in [-0.1, -0.05) is 78.9 Å². The summed E-state index contributed by atoms with van der Waals surface area (Å²) in [6, 6.07) is 33.6. The number of fused-ring (bicyclic) bond motifs is 2. The van der Waals surface area contributed by atoms with E-state index in [1.165, 1.54) is 0 Å². The summed E-state index contributed by atoms with van der Waals surface area (Å²) in [7, 11) is 0. The maximum atomic E-state index is 14.5. The Kier molecular flexibility index (Phi) is 16.5. The van der Waals surface area contributed by atoms with Crippen molar-refractivity contribution in [3.8, 4) is 0 Å². The van der Waals surface area contributed by atoms with Crippen molar-refractivity contribution >= 4 is 21.5 Å². The second kappa shape index (κ2) is 19.3. The number of pyridine rings is 1. The van der Waals surface area contributed by atoms with Crippen LogP contribution in [0.5, 0.6) is 0 Å². The molecule has 2 atom stereocenters. The Hall–Kier alpha value is -2.98. The smallest absolute Gasteiger partial charge is 0.167 e. The zero-order chi connectivity index (χ0) is 34.6. The summed E-state index contributed by atoms with van der Waals surface area (Å²) < 4.78 is -0.493. The van der Waals surface area contributed by atoms with Crippen molar-refractivity contribution in [1.29, 1.82) is 0 Å². The van der Waals surface area contributed by atoms with Crippen LogP contribution in [0.2, 0.25) is 0 Å². The van der Waals surface area contributed by atoms with E-state index < -0.39 is 16.3 Å². The number of hydrogen-bond donors (Lipinski definition) is 4. The molecule has 1 fully saturated rings. The number of aliphatic hydroxyl groups excluding tert-OH is 3. The van der Waals surface area contributed by atoms with Gasteiger partial charge in [0.1, 0.15) is 12.6 Å². The molecule has 2 heterocycles. The number of aliphatic hydroxyl groups is 4. The molecule has 1 aliphatic heterocycles. The minimum atomic E-state index is -1.44. The van der Waals surface area contributed by atoms with Gasteiger partial charge in [0, 0.05) is 59.1 Å². The molecule has 1 saturated heterocycles. The molecule has 4 N–H and O–H groups in total. The van der Waals surface area contributed by atoms with Gasteiger partial charge >= 0.3 is 0 Å².